The van der Waals surface area contributed by atoms with Gasteiger partial charge in [0.1, 0.15) is 11.6 Å². The minimum Gasteiger partial charge on any atom is -0.467 e. The number of nitrogens with zero attached hydrogens (tertiary/aromatic N) is 4. The van der Waals surface area contributed by atoms with Crippen molar-refractivity contribution >= 4 is 11.7 Å². The van der Waals surface area contributed by atoms with Crippen LogP contribution in [0.15, 0.2) is 18.6 Å². The second-order valence-electron chi connectivity index (χ2n) is 10.1. The van der Waals surface area contributed by atoms with E-state index in [1.165, 1.54) is 7.11 Å². The van der Waals surface area contributed by atoms with E-state index in [9.17, 15) is 9.59 Å². The smallest absolute Gasteiger partial charge is 0.316 e. The number of carbonyl (C=O) groups excluding carboxylic acids is 2. The number of hydrogen-bond donors (Lipinski definition) is 2. The molecule has 0 unspecified atom stereocenters. The number of aromatic nitrogens is 4. The van der Waals surface area contributed by atoms with Crippen LogP contribution in [0, 0.1) is 11.3 Å². The predicted molar refractivity (Wildman–Crippen MR) is 133 cm³/mol. The number of ether oxygens (including phenoxy) is 1. The number of nitrogens with one attached hydrogen (secondary N) is 2. The van der Waals surface area contributed by atoms with Gasteiger partial charge in [0, 0.05) is 36.7 Å². The summed E-state index contributed by atoms with van der Waals surface area (Å²) < 4.78 is 5.04. The fourth-order valence-corrected chi connectivity index (χ4v) is 5.13. The number of Topliss-reactive ketones (excluding diaryl/α,β-unsaturated/α-hetero) is 1. The van der Waals surface area contributed by atoms with Crippen LogP contribution in [0.1, 0.15) is 76.6 Å². The number of imidazole rings is 1. The normalized spacial score (nSPS) is 19.9. The first kappa shape index (κ1) is 25.3. The minimum absolute atomic E-state index is 0.102. The lowest BCUT2D eigenvalue weighted by Crippen LogP contribution is -2.36. The van der Waals surface area contributed by atoms with Crippen LogP contribution in [0.2, 0.25) is 0 Å². The zero-order valence-electron chi connectivity index (χ0n) is 21.2. The van der Waals surface area contributed by atoms with E-state index in [1.807, 2.05) is 6.92 Å². The Morgan fingerprint density at radius 1 is 1.17 bits per heavy atom. The molecule has 1 amide bonds. The molecule has 9 nitrogen and oxygen atoms in total. The maximum atomic E-state index is 13.3. The first-order valence-corrected chi connectivity index (χ1v) is 12.9. The molecule has 35 heavy (non-hydrogen) atoms. The maximum Gasteiger partial charge on any atom is 0.316 e. The van der Waals surface area contributed by atoms with Gasteiger partial charge < -0.3 is 19.9 Å². The van der Waals surface area contributed by atoms with Gasteiger partial charge in [0.05, 0.1) is 25.0 Å². The molecule has 2 N–H and O–H groups in total. The fraction of sp³-hybridized carbons (Fsp3) is 0.654. The number of aromatic amines is 1. The van der Waals surface area contributed by atoms with Crippen LogP contribution in [0.4, 0.5) is 0 Å². The molecule has 190 valence electrons. The molecule has 2 aromatic heterocycles. The van der Waals surface area contributed by atoms with Crippen LogP contribution in [-0.4, -0.2) is 63.8 Å². The molecule has 1 aliphatic carbocycles. The van der Waals surface area contributed by atoms with E-state index in [2.05, 4.69) is 37.2 Å². The first-order valence-electron chi connectivity index (χ1n) is 12.9. The Morgan fingerprint density at radius 2 is 1.91 bits per heavy atom. The topological polar surface area (TPSA) is 113 Å². The quantitative estimate of drug-likeness (QED) is 0.444. The van der Waals surface area contributed by atoms with E-state index < -0.39 is 0 Å². The molecule has 2 aromatic rings. The zero-order valence-corrected chi connectivity index (χ0v) is 21.2. The van der Waals surface area contributed by atoms with Crippen LogP contribution in [0.25, 0.3) is 11.3 Å². The van der Waals surface area contributed by atoms with Crippen LogP contribution >= 0.6 is 0 Å². The van der Waals surface area contributed by atoms with Crippen molar-refractivity contribution in [3.05, 3.63) is 24.4 Å². The Bertz CT molecular complexity index is 997. The number of H-pyrrole nitrogens is 1. The van der Waals surface area contributed by atoms with Gasteiger partial charge >= 0.3 is 6.01 Å². The largest absolute Gasteiger partial charge is 0.467 e. The molecule has 2 aliphatic rings. The Kier molecular flexibility index (Phi) is 8.15. The lowest BCUT2D eigenvalue weighted by atomic mass is 9.91. The Labute approximate surface area is 207 Å². The number of carbonyl (C=O) groups is 2. The van der Waals surface area contributed by atoms with Crippen LogP contribution in [-0.2, 0) is 9.59 Å². The van der Waals surface area contributed by atoms with E-state index in [-0.39, 0.29) is 23.3 Å². The molecule has 2 fully saturated rings. The molecule has 2 atom stereocenters. The number of rotatable bonds is 12. The average molecular weight is 483 g/mol. The van der Waals surface area contributed by atoms with Gasteiger partial charge in [0.25, 0.3) is 0 Å². The lowest BCUT2D eigenvalue weighted by molar-refractivity contribution is -0.124. The lowest BCUT2D eigenvalue weighted by Gasteiger charge is -2.30. The summed E-state index contributed by atoms with van der Waals surface area (Å²) in [6.45, 7) is 4.04. The molecular formula is C26H38N6O3. The number of methoxy groups -OCH3 is 1. The number of hydrogen-bond acceptors (Lipinski definition) is 7. The van der Waals surface area contributed by atoms with Gasteiger partial charge in [0.2, 0.25) is 5.91 Å². The molecule has 0 radical (unpaired) electrons. The summed E-state index contributed by atoms with van der Waals surface area (Å²) in [5.74, 6) is 1.30. The van der Waals surface area contributed by atoms with Crippen molar-refractivity contribution in [2.24, 2.45) is 11.3 Å². The molecular weight excluding hydrogens is 444 g/mol. The third kappa shape index (κ3) is 6.25. The molecule has 1 aliphatic heterocycles. The van der Waals surface area contributed by atoms with Gasteiger partial charge in [-0.05, 0) is 57.7 Å². The highest BCUT2D eigenvalue weighted by Gasteiger charge is 2.58. The molecule has 1 saturated heterocycles. The summed E-state index contributed by atoms with van der Waals surface area (Å²) in [5, 5.41) is 3.31. The standard InChI is InChI=1S/C26H38N6O3/c1-4-19(33)8-6-5-7-9-21(31-24(34)20-14-26(20)10-12-32(2)13-11-26)23-27-17-22(30-23)18-15-28-25(35-3)29-16-18/h15-17,20-21H,4-14H2,1-3H3,(H,27,30)(H,31,34)/t20-,21+/m1/s1. The summed E-state index contributed by atoms with van der Waals surface area (Å²) in [7, 11) is 3.68. The maximum absolute atomic E-state index is 13.3. The summed E-state index contributed by atoms with van der Waals surface area (Å²) in [5.41, 5.74) is 1.80. The second kappa shape index (κ2) is 11.3. The summed E-state index contributed by atoms with van der Waals surface area (Å²) in [6, 6.07) is 0.119. The zero-order chi connectivity index (χ0) is 24.8. The molecule has 1 spiro atoms. The minimum atomic E-state index is -0.193. The van der Waals surface area contributed by atoms with Gasteiger partial charge in [-0.25, -0.2) is 15.0 Å². The van der Waals surface area contributed by atoms with Gasteiger partial charge in [-0.1, -0.05) is 19.8 Å². The third-order valence-corrected chi connectivity index (χ3v) is 7.70. The van der Waals surface area contributed by atoms with E-state index >= 15 is 0 Å². The highest BCUT2D eigenvalue weighted by molar-refractivity contribution is 5.83. The monoisotopic (exact) mass is 482 g/mol. The molecule has 4 rings (SSSR count). The number of unbranched alkanes of at least 4 members (excludes halogenated alkanes) is 2. The molecule has 3 heterocycles. The summed E-state index contributed by atoms with van der Waals surface area (Å²) in [4.78, 5) is 43.5. The molecule has 9 heteroatoms. The van der Waals surface area contributed by atoms with Gasteiger partial charge in [0.15, 0.2) is 0 Å². The fourth-order valence-electron chi connectivity index (χ4n) is 5.13. The number of amides is 1. The Hall–Kier alpha value is -2.81. The second-order valence-corrected chi connectivity index (χ2v) is 10.1. The number of ketones is 1. The molecule has 1 saturated carbocycles. The van der Waals surface area contributed by atoms with E-state index in [4.69, 9.17) is 4.74 Å². The highest BCUT2D eigenvalue weighted by atomic mass is 16.5. The SMILES string of the molecule is CCC(=O)CCCCC[C@H](NC(=O)[C@H]1CC12CCN(C)CC2)c1ncc(-c2cnc(OC)nc2)[nH]1. The van der Waals surface area contributed by atoms with Crippen molar-refractivity contribution in [2.45, 2.75) is 70.8 Å². The van der Waals surface area contributed by atoms with E-state index in [1.54, 1.807) is 18.6 Å². The van der Waals surface area contributed by atoms with Crippen molar-refractivity contribution in [1.82, 2.24) is 30.2 Å². The highest BCUT2D eigenvalue weighted by Crippen LogP contribution is 2.59. The van der Waals surface area contributed by atoms with Crippen molar-refractivity contribution in [1.29, 1.82) is 0 Å². The van der Waals surface area contributed by atoms with Crippen molar-refractivity contribution < 1.29 is 14.3 Å². The summed E-state index contributed by atoms with van der Waals surface area (Å²) >= 11 is 0. The van der Waals surface area contributed by atoms with E-state index in [0.717, 1.165) is 75.1 Å². The van der Waals surface area contributed by atoms with Crippen LogP contribution < -0.4 is 10.1 Å². The summed E-state index contributed by atoms with van der Waals surface area (Å²) in [6.07, 6.45) is 13.1. The Balaban J connectivity index is 1.40. The van der Waals surface area contributed by atoms with E-state index in [0.29, 0.717) is 24.6 Å². The van der Waals surface area contributed by atoms with Crippen LogP contribution in [0.5, 0.6) is 6.01 Å². The van der Waals surface area contributed by atoms with Crippen molar-refractivity contribution in [3.8, 4) is 17.3 Å². The number of likely N-dealkylation sites (tertiary alicyclic amines) is 1. The average Bonchev–Trinajstić information content (AvgIpc) is 3.36. The van der Waals surface area contributed by atoms with Gasteiger partial charge in [-0.3, -0.25) is 9.59 Å². The van der Waals surface area contributed by atoms with Gasteiger partial charge in [-0.15, -0.1) is 0 Å². The Morgan fingerprint density at radius 3 is 2.60 bits per heavy atom. The molecule has 0 bridgehead atoms. The predicted octanol–water partition coefficient (Wildman–Crippen LogP) is 3.69. The van der Waals surface area contributed by atoms with Crippen molar-refractivity contribution in [2.75, 3.05) is 27.2 Å². The first-order chi connectivity index (χ1) is 16.9. The number of piperidine rings is 1. The molecule has 0 aromatic carbocycles. The third-order valence-electron chi connectivity index (χ3n) is 7.70. The van der Waals surface area contributed by atoms with Crippen LogP contribution in [0.3, 0.4) is 0 Å². The van der Waals surface area contributed by atoms with Gasteiger partial charge in [-0.2, -0.15) is 0 Å². The van der Waals surface area contributed by atoms with Crippen molar-refractivity contribution in [3.63, 3.8) is 0 Å².